The van der Waals surface area contributed by atoms with Crippen LogP contribution < -0.4 is 11.1 Å². The van der Waals surface area contributed by atoms with Crippen LogP contribution in [0, 0.1) is 0 Å². The minimum absolute atomic E-state index is 0.175. The summed E-state index contributed by atoms with van der Waals surface area (Å²) >= 11 is 0. The fourth-order valence-electron chi connectivity index (χ4n) is 3.66. The lowest BCUT2D eigenvalue weighted by Crippen LogP contribution is -2.50. The molecule has 3 rings (SSSR count). The number of hydrogen-bond acceptors (Lipinski definition) is 6. The summed E-state index contributed by atoms with van der Waals surface area (Å²) < 4.78 is 0. The average Bonchev–Trinajstić information content (AvgIpc) is 2.56. The molecule has 0 spiro atoms. The number of nitrogens with two attached hydrogens (primary N) is 1. The van der Waals surface area contributed by atoms with Crippen LogP contribution in [0.25, 0.3) is 0 Å². The van der Waals surface area contributed by atoms with E-state index in [1.54, 1.807) is 6.20 Å². The molecule has 2 unspecified atom stereocenters. The molecule has 1 aromatic heterocycles. The first-order valence-corrected chi connectivity index (χ1v) is 8.44. The van der Waals surface area contributed by atoms with Gasteiger partial charge in [-0.1, -0.05) is 12.8 Å². The van der Waals surface area contributed by atoms with Gasteiger partial charge < -0.3 is 16.2 Å². The van der Waals surface area contributed by atoms with Crippen molar-refractivity contribution in [1.29, 1.82) is 0 Å². The lowest BCUT2D eigenvalue weighted by Gasteiger charge is -2.41. The molecule has 126 valence electrons. The van der Waals surface area contributed by atoms with Gasteiger partial charge >= 0.3 is 0 Å². The van der Waals surface area contributed by atoms with Gasteiger partial charge in [-0.2, -0.15) is 0 Å². The molecule has 1 aliphatic heterocycles. The largest absolute Gasteiger partial charge is 0.391 e. The second-order valence-corrected chi connectivity index (χ2v) is 6.53. The van der Waals surface area contributed by atoms with E-state index in [1.165, 1.54) is 12.6 Å². The van der Waals surface area contributed by atoms with Gasteiger partial charge in [0.05, 0.1) is 18.5 Å². The molecule has 4 N–H and O–H groups in total. The summed E-state index contributed by atoms with van der Waals surface area (Å²) in [5.74, 6) is 0.0275. The van der Waals surface area contributed by atoms with Gasteiger partial charge in [0, 0.05) is 25.2 Å². The zero-order chi connectivity index (χ0) is 16.2. The van der Waals surface area contributed by atoms with Gasteiger partial charge in [-0.3, -0.25) is 14.7 Å². The molecule has 2 aliphatic rings. The predicted octanol–water partition coefficient (Wildman–Crippen LogP) is 0.755. The van der Waals surface area contributed by atoms with Gasteiger partial charge in [-0.05, 0) is 25.7 Å². The molecule has 0 bridgehead atoms. The molecule has 0 radical (unpaired) electrons. The van der Waals surface area contributed by atoms with Crippen LogP contribution in [0.1, 0.15) is 49.0 Å². The Kier molecular flexibility index (Phi) is 5.07. The number of nitrogens with zero attached hydrogens (tertiary/aromatic N) is 3. The van der Waals surface area contributed by atoms with Crippen LogP contribution >= 0.6 is 0 Å². The Morgan fingerprint density at radius 3 is 2.65 bits per heavy atom. The maximum Gasteiger partial charge on any atom is 0.268 e. The highest BCUT2D eigenvalue weighted by molar-refractivity contribution is 5.90. The Morgan fingerprint density at radius 2 is 1.96 bits per heavy atom. The van der Waals surface area contributed by atoms with Crippen molar-refractivity contribution in [3.05, 3.63) is 18.1 Å². The quantitative estimate of drug-likeness (QED) is 0.757. The highest BCUT2D eigenvalue weighted by Crippen LogP contribution is 2.26. The standard InChI is InChI=1S/C16H25N5O2/c17-16(23)12-9-18-10-15(20-12)19-11-5-7-21(8-6-11)13-3-1-2-4-14(13)22/h9-11,13-14,22H,1-8H2,(H2,17,23)(H,19,20). The zero-order valence-corrected chi connectivity index (χ0v) is 13.3. The molecule has 1 aliphatic carbocycles. The van der Waals surface area contributed by atoms with Crippen LogP contribution in [0.5, 0.6) is 0 Å². The van der Waals surface area contributed by atoms with Crippen molar-refractivity contribution in [1.82, 2.24) is 14.9 Å². The van der Waals surface area contributed by atoms with E-state index in [4.69, 9.17) is 5.73 Å². The third kappa shape index (κ3) is 3.97. The number of piperidine rings is 1. The van der Waals surface area contributed by atoms with Gasteiger partial charge in [-0.15, -0.1) is 0 Å². The number of aromatic nitrogens is 2. The first-order valence-electron chi connectivity index (χ1n) is 8.44. The molecular weight excluding hydrogens is 294 g/mol. The normalized spacial score (nSPS) is 26.8. The van der Waals surface area contributed by atoms with Crippen molar-refractivity contribution in [3.8, 4) is 0 Å². The van der Waals surface area contributed by atoms with Crippen molar-refractivity contribution in [2.45, 2.75) is 56.7 Å². The number of carbonyl (C=O) groups excluding carboxylic acids is 1. The highest BCUT2D eigenvalue weighted by Gasteiger charge is 2.31. The summed E-state index contributed by atoms with van der Waals surface area (Å²) in [6.45, 7) is 1.95. The average molecular weight is 319 g/mol. The fraction of sp³-hybridized carbons (Fsp3) is 0.688. The molecule has 7 nitrogen and oxygen atoms in total. The van der Waals surface area contributed by atoms with E-state index in [2.05, 4.69) is 20.2 Å². The molecule has 1 amide bonds. The van der Waals surface area contributed by atoms with Crippen molar-refractivity contribution in [2.24, 2.45) is 5.73 Å². The van der Waals surface area contributed by atoms with Crippen LogP contribution in [-0.2, 0) is 0 Å². The van der Waals surface area contributed by atoms with Crippen LogP contribution in [0.4, 0.5) is 5.82 Å². The van der Waals surface area contributed by atoms with Crippen molar-refractivity contribution in [3.63, 3.8) is 0 Å². The van der Waals surface area contributed by atoms with E-state index in [0.717, 1.165) is 45.2 Å². The van der Waals surface area contributed by atoms with Gasteiger partial charge in [0.15, 0.2) is 0 Å². The van der Waals surface area contributed by atoms with E-state index < -0.39 is 5.91 Å². The van der Waals surface area contributed by atoms with Crippen LogP contribution in [-0.4, -0.2) is 57.2 Å². The number of rotatable bonds is 4. The summed E-state index contributed by atoms with van der Waals surface area (Å²) in [7, 11) is 0. The first-order chi connectivity index (χ1) is 11.1. The number of amides is 1. The molecule has 1 saturated heterocycles. The lowest BCUT2D eigenvalue weighted by atomic mass is 9.89. The number of hydrogen-bond donors (Lipinski definition) is 3. The highest BCUT2D eigenvalue weighted by atomic mass is 16.3. The van der Waals surface area contributed by atoms with E-state index in [9.17, 15) is 9.90 Å². The SMILES string of the molecule is NC(=O)c1cncc(NC2CCN(C3CCCCC3O)CC2)n1. The zero-order valence-electron chi connectivity index (χ0n) is 13.3. The molecule has 1 aromatic rings. The topological polar surface area (TPSA) is 104 Å². The summed E-state index contributed by atoms with van der Waals surface area (Å²) in [5.41, 5.74) is 5.41. The Labute approximate surface area is 136 Å². The number of nitrogens with one attached hydrogen (secondary N) is 1. The number of carbonyl (C=O) groups is 1. The number of aliphatic hydroxyl groups is 1. The molecule has 23 heavy (non-hydrogen) atoms. The Balaban J connectivity index is 1.53. The number of aliphatic hydroxyl groups excluding tert-OH is 1. The molecule has 0 aromatic carbocycles. The predicted molar refractivity (Wildman–Crippen MR) is 87.0 cm³/mol. The Bertz CT molecular complexity index is 545. The molecular formula is C16H25N5O2. The van der Waals surface area contributed by atoms with Gasteiger partial charge in [-0.25, -0.2) is 4.98 Å². The number of anilines is 1. The maximum atomic E-state index is 11.2. The maximum absolute atomic E-state index is 11.2. The smallest absolute Gasteiger partial charge is 0.268 e. The minimum Gasteiger partial charge on any atom is -0.391 e. The van der Waals surface area contributed by atoms with Crippen molar-refractivity contribution < 1.29 is 9.90 Å². The molecule has 2 fully saturated rings. The second-order valence-electron chi connectivity index (χ2n) is 6.53. The van der Waals surface area contributed by atoms with Crippen molar-refractivity contribution in [2.75, 3.05) is 18.4 Å². The van der Waals surface area contributed by atoms with E-state index in [0.29, 0.717) is 17.9 Å². The fourth-order valence-corrected chi connectivity index (χ4v) is 3.66. The Hall–Kier alpha value is -1.73. The van der Waals surface area contributed by atoms with E-state index >= 15 is 0 Å². The molecule has 1 saturated carbocycles. The third-order valence-corrected chi connectivity index (χ3v) is 4.93. The van der Waals surface area contributed by atoms with Crippen molar-refractivity contribution >= 4 is 11.7 Å². The molecule has 2 atom stereocenters. The van der Waals surface area contributed by atoms with Gasteiger partial charge in [0.2, 0.25) is 0 Å². The first kappa shape index (κ1) is 16.1. The van der Waals surface area contributed by atoms with E-state index in [-0.39, 0.29) is 11.8 Å². The second kappa shape index (κ2) is 7.23. The monoisotopic (exact) mass is 319 g/mol. The van der Waals surface area contributed by atoms with E-state index in [1.807, 2.05) is 0 Å². The molecule has 2 heterocycles. The lowest BCUT2D eigenvalue weighted by molar-refractivity contribution is 0.00992. The van der Waals surface area contributed by atoms with Crippen LogP contribution in [0.3, 0.4) is 0 Å². The third-order valence-electron chi connectivity index (χ3n) is 4.93. The minimum atomic E-state index is -0.567. The van der Waals surface area contributed by atoms with Crippen LogP contribution in [0.15, 0.2) is 12.4 Å². The summed E-state index contributed by atoms with van der Waals surface area (Å²) in [6.07, 6.45) is 9.19. The number of primary amides is 1. The molecule has 7 heteroatoms. The summed E-state index contributed by atoms with van der Waals surface area (Å²) in [4.78, 5) is 21.8. The number of likely N-dealkylation sites (tertiary alicyclic amines) is 1. The van der Waals surface area contributed by atoms with Crippen LogP contribution in [0.2, 0.25) is 0 Å². The summed E-state index contributed by atoms with van der Waals surface area (Å²) in [6, 6.07) is 0.632. The van der Waals surface area contributed by atoms with Gasteiger partial charge in [0.1, 0.15) is 11.5 Å². The summed E-state index contributed by atoms with van der Waals surface area (Å²) in [5, 5.41) is 13.5. The van der Waals surface area contributed by atoms with Gasteiger partial charge in [0.25, 0.3) is 5.91 Å². The Morgan fingerprint density at radius 1 is 1.22 bits per heavy atom.